The van der Waals surface area contributed by atoms with Crippen LogP contribution >= 0.6 is 0 Å². The number of anilines is 1. The predicted octanol–water partition coefficient (Wildman–Crippen LogP) is 3.53. The maximum Gasteiger partial charge on any atom is 0.342 e. The molecule has 1 N–H and O–H groups in total. The van der Waals surface area contributed by atoms with Crippen LogP contribution < -0.4 is 5.32 Å². The van der Waals surface area contributed by atoms with Gasteiger partial charge < -0.3 is 14.5 Å². The van der Waals surface area contributed by atoms with Crippen LogP contribution in [0.25, 0.3) is 0 Å². The second-order valence-corrected chi connectivity index (χ2v) is 5.26. The number of carbonyl (C=O) groups excluding carboxylic acids is 2. The molecule has 0 bridgehead atoms. The Balaban J connectivity index is 2.03. The number of halogens is 1. The average molecular weight is 319 g/mol. The van der Waals surface area contributed by atoms with Crippen molar-refractivity contribution in [2.75, 3.05) is 5.32 Å². The van der Waals surface area contributed by atoms with Crippen LogP contribution in [-0.2, 0) is 9.53 Å². The summed E-state index contributed by atoms with van der Waals surface area (Å²) in [6.07, 6.45) is -0.999. The molecule has 0 fully saturated rings. The summed E-state index contributed by atoms with van der Waals surface area (Å²) in [6, 6.07) is 5.31. The molecule has 2 rings (SSSR count). The Morgan fingerprint density at radius 1 is 1.13 bits per heavy atom. The van der Waals surface area contributed by atoms with Crippen LogP contribution in [-0.4, -0.2) is 18.0 Å². The Morgan fingerprint density at radius 3 is 2.26 bits per heavy atom. The molecule has 0 radical (unpaired) electrons. The fourth-order valence-corrected chi connectivity index (χ4v) is 2.14. The van der Waals surface area contributed by atoms with E-state index in [1.54, 1.807) is 20.8 Å². The normalized spacial score (nSPS) is 11.9. The number of amides is 1. The molecule has 23 heavy (non-hydrogen) atoms. The van der Waals surface area contributed by atoms with Crippen LogP contribution in [0, 0.1) is 26.6 Å². The molecule has 0 saturated carbocycles. The summed E-state index contributed by atoms with van der Waals surface area (Å²) in [5, 5.41) is 2.55. The number of hydrogen-bond donors (Lipinski definition) is 1. The Kier molecular flexibility index (Phi) is 4.83. The number of nitrogens with one attached hydrogen (secondary N) is 1. The number of carbonyl (C=O) groups is 2. The number of aryl methyl sites for hydroxylation is 2. The van der Waals surface area contributed by atoms with Crippen molar-refractivity contribution in [1.29, 1.82) is 0 Å². The molecule has 0 aliphatic rings. The SMILES string of the molecule is Cc1oc(C)c(C(=O)O[C@H](C)C(=O)Nc2ccc(F)cc2)c1C. The molecule has 2 aromatic rings. The molecule has 1 aromatic heterocycles. The van der Waals surface area contributed by atoms with Gasteiger partial charge >= 0.3 is 5.97 Å². The van der Waals surface area contributed by atoms with Gasteiger partial charge in [0.05, 0.1) is 0 Å². The van der Waals surface area contributed by atoms with Gasteiger partial charge in [-0.15, -0.1) is 0 Å². The first-order chi connectivity index (χ1) is 10.8. The molecule has 1 atom stereocenters. The summed E-state index contributed by atoms with van der Waals surface area (Å²) in [5.74, 6) is -0.420. The van der Waals surface area contributed by atoms with Gasteiger partial charge in [0.2, 0.25) is 0 Å². The van der Waals surface area contributed by atoms with Gasteiger partial charge in [-0.25, -0.2) is 9.18 Å². The first-order valence-corrected chi connectivity index (χ1v) is 7.13. The monoisotopic (exact) mass is 319 g/mol. The van der Waals surface area contributed by atoms with Crippen molar-refractivity contribution in [2.45, 2.75) is 33.8 Å². The summed E-state index contributed by atoms with van der Waals surface area (Å²) in [6.45, 7) is 6.64. The van der Waals surface area contributed by atoms with E-state index >= 15 is 0 Å². The number of ether oxygens (including phenoxy) is 1. The first-order valence-electron chi connectivity index (χ1n) is 7.13. The Hall–Kier alpha value is -2.63. The molecule has 1 aromatic carbocycles. The maximum absolute atomic E-state index is 12.8. The third-order valence-corrected chi connectivity index (χ3v) is 3.53. The lowest BCUT2D eigenvalue weighted by molar-refractivity contribution is -0.123. The summed E-state index contributed by atoms with van der Waals surface area (Å²) in [4.78, 5) is 24.2. The van der Waals surface area contributed by atoms with Crippen molar-refractivity contribution in [2.24, 2.45) is 0 Å². The highest BCUT2D eigenvalue weighted by Crippen LogP contribution is 2.22. The highest BCUT2D eigenvalue weighted by molar-refractivity contribution is 5.98. The van der Waals surface area contributed by atoms with Gasteiger partial charge in [-0.2, -0.15) is 0 Å². The van der Waals surface area contributed by atoms with Crippen LogP contribution in [0.2, 0.25) is 0 Å². The zero-order valence-corrected chi connectivity index (χ0v) is 13.4. The lowest BCUT2D eigenvalue weighted by atomic mass is 10.1. The summed E-state index contributed by atoms with van der Waals surface area (Å²) in [5.41, 5.74) is 1.45. The third kappa shape index (κ3) is 3.77. The van der Waals surface area contributed by atoms with E-state index in [1.165, 1.54) is 31.2 Å². The minimum Gasteiger partial charge on any atom is -0.465 e. The fourth-order valence-electron chi connectivity index (χ4n) is 2.14. The third-order valence-electron chi connectivity index (χ3n) is 3.53. The number of esters is 1. The van der Waals surface area contributed by atoms with E-state index in [4.69, 9.17) is 9.15 Å². The molecule has 6 heteroatoms. The van der Waals surface area contributed by atoms with E-state index in [0.717, 1.165) is 0 Å². The van der Waals surface area contributed by atoms with Gasteiger partial charge in [-0.1, -0.05) is 0 Å². The summed E-state index contributed by atoms with van der Waals surface area (Å²) in [7, 11) is 0. The molecule has 0 aliphatic heterocycles. The largest absolute Gasteiger partial charge is 0.465 e. The molecule has 1 amide bonds. The van der Waals surface area contributed by atoms with E-state index in [9.17, 15) is 14.0 Å². The first kappa shape index (κ1) is 16.7. The predicted molar refractivity (Wildman–Crippen MR) is 82.8 cm³/mol. The van der Waals surface area contributed by atoms with E-state index in [0.29, 0.717) is 28.3 Å². The van der Waals surface area contributed by atoms with Crippen molar-refractivity contribution in [3.63, 3.8) is 0 Å². The van der Waals surface area contributed by atoms with Gasteiger partial charge in [-0.05, 0) is 52.0 Å². The number of rotatable bonds is 4. The van der Waals surface area contributed by atoms with Crippen LogP contribution in [0.15, 0.2) is 28.7 Å². The molecule has 1 heterocycles. The zero-order chi connectivity index (χ0) is 17.1. The smallest absolute Gasteiger partial charge is 0.342 e. The van der Waals surface area contributed by atoms with E-state index in [2.05, 4.69) is 5.32 Å². The number of furan rings is 1. The topological polar surface area (TPSA) is 68.5 Å². The van der Waals surface area contributed by atoms with Gasteiger partial charge in [-0.3, -0.25) is 4.79 Å². The van der Waals surface area contributed by atoms with E-state index in [1.807, 2.05) is 0 Å². The number of benzene rings is 1. The second-order valence-electron chi connectivity index (χ2n) is 5.26. The van der Waals surface area contributed by atoms with E-state index in [-0.39, 0.29) is 0 Å². The minimum absolute atomic E-state index is 0.337. The standard InChI is InChI=1S/C17H18FNO4/c1-9-10(2)22-11(3)15(9)17(21)23-12(4)16(20)19-14-7-5-13(18)6-8-14/h5-8,12H,1-4H3,(H,19,20)/t12-/m1/s1. The van der Waals surface area contributed by atoms with Crippen molar-refractivity contribution in [3.05, 3.63) is 52.7 Å². The zero-order valence-electron chi connectivity index (χ0n) is 13.4. The second kappa shape index (κ2) is 6.64. The summed E-state index contributed by atoms with van der Waals surface area (Å²) < 4.78 is 23.4. The molecule has 0 spiro atoms. The van der Waals surface area contributed by atoms with Crippen LogP contribution in [0.4, 0.5) is 10.1 Å². The van der Waals surface area contributed by atoms with Gasteiger partial charge in [0.25, 0.3) is 5.91 Å². The highest BCUT2D eigenvalue weighted by atomic mass is 19.1. The molecule has 0 saturated heterocycles. The highest BCUT2D eigenvalue weighted by Gasteiger charge is 2.24. The Morgan fingerprint density at radius 2 is 1.74 bits per heavy atom. The molecular formula is C17H18FNO4. The molecule has 0 unspecified atom stereocenters. The van der Waals surface area contributed by atoms with Crippen molar-refractivity contribution in [3.8, 4) is 0 Å². The van der Waals surface area contributed by atoms with Crippen molar-refractivity contribution >= 4 is 17.6 Å². The fraction of sp³-hybridized carbons (Fsp3) is 0.294. The molecule has 5 nitrogen and oxygen atoms in total. The van der Waals surface area contributed by atoms with Crippen LogP contribution in [0.5, 0.6) is 0 Å². The number of hydrogen-bond acceptors (Lipinski definition) is 4. The van der Waals surface area contributed by atoms with Crippen LogP contribution in [0.1, 0.15) is 34.4 Å². The Labute approximate surface area is 133 Å². The molecule has 122 valence electrons. The lowest BCUT2D eigenvalue weighted by Gasteiger charge is -2.13. The lowest BCUT2D eigenvalue weighted by Crippen LogP contribution is -2.30. The summed E-state index contributed by atoms with van der Waals surface area (Å²) >= 11 is 0. The molecule has 0 aliphatic carbocycles. The maximum atomic E-state index is 12.8. The van der Waals surface area contributed by atoms with Gasteiger partial charge in [0.15, 0.2) is 6.10 Å². The van der Waals surface area contributed by atoms with E-state index < -0.39 is 23.8 Å². The van der Waals surface area contributed by atoms with Gasteiger partial charge in [0.1, 0.15) is 22.9 Å². The Bertz CT molecular complexity index is 734. The van der Waals surface area contributed by atoms with Gasteiger partial charge in [0, 0.05) is 11.3 Å². The van der Waals surface area contributed by atoms with Crippen molar-refractivity contribution in [1.82, 2.24) is 0 Å². The molecular weight excluding hydrogens is 301 g/mol. The minimum atomic E-state index is -0.999. The van der Waals surface area contributed by atoms with Crippen molar-refractivity contribution < 1.29 is 23.1 Å². The average Bonchev–Trinajstić information content (AvgIpc) is 2.74. The van der Waals surface area contributed by atoms with Crippen LogP contribution in [0.3, 0.4) is 0 Å². The quantitative estimate of drug-likeness (QED) is 0.875.